The molecule has 0 radical (unpaired) electrons. The molecule has 598 valence electrons. The molecule has 8 amide bonds. The molecule has 112 heavy (non-hydrogen) atoms. The number of H-pyrrole nitrogens is 4. The third kappa shape index (κ3) is 25.6. The average molecular weight is 1540 g/mol. The minimum absolute atomic E-state index is 0.0130. The Morgan fingerprint density at radius 1 is 0.304 bits per heavy atom. The number of carboxylic acids is 1. The quantitative estimate of drug-likeness (QED) is 0.0117. The van der Waals surface area contributed by atoms with Crippen molar-refractivity contribution in [1.82, 2.24) is 89.1 Å². The van der Waals surface area contributed by atoms with Crippen LogP contribution < -0.4 is 104 Å². The highest BCUT2D eigenvalue weighted by Crippen LogP contribution is 2.25. The van der Waals surface area contributed by atoms with Crippen molar-refractivity contribution < 1.29 is 48.3 Å². The van der Waals surface area contributed by atoms with Crippen molar-refractivity contribution in [2.45, 2.75) is 144 Å². The number of nitrogens with one attached hydrogen (secondary N) is 22. The number of aromatic nitrogens is 4. The van der Waals surface area contributed by atoms with Gasteiger partial charge < -0.3 is 129 Å². The number of aliphatic carboxylic acids is 1. The van der Waals surface area contributed by atoms with E-state index in [-0.39, 0.29) is 140 Å². The largest absolute Gasteiger partial charge is 0.480 e. The molecule has 4 heterocycles. The first kappa shape index (κ1) is 84.2. The monoisotopic (exact) mass is 1540 g/mol. The van der Waals surface area contributed by atoms with Crippen LogP contribution in [0.15, 0.2) is 122 Å². The zero-order valence-electron chi connectivity index (χ0n) is 61.8. The molecule has 0 saturated carbocycles. The van der Waals surface area contributed by atoms with Gasteiger partial charge in [-0.2, -0.15) is 0 Å². The fourth-order valence-corrected chi connectivity index (χ4v) is 13.0. The van der Waals surface area contributed by atoms with Crippen LogP contribution in [0.25, 0.3) is 43.6 Å². The fraction of sp³-hybridized carbons (Fsp3) is 0.378. The smallest absolute Gasteiger partial charge is 0.326 e. The van der Waals surface area contributed by atoms with E-state index in [1.807, 2.05) is 42.5 Å². The van der Waals surface area contributed by atoms with Gasteiger partial charge in [0.1, 0.15) is 48.3 Å². The molecule has 0 bridgehead atoms. The SMILES string of the molecule is N=C(N)NCCC[C@H](NC(=O)[C@H](CCCNC(=N)N)NC(=O)[C@H](Cc1c[nH]c2ccccc12)NC(=O)[C@H](Cc1c[nH]c2ccccc12)NC(=O)[C@H](CCCNC(=N)N)NC(=O)[C@H](CCCNC(=N)N)NC(=O)[C@H](Cc1c[nH]c2ccccc12)NC(=O)[C@H](Cc1c[nH]c2ccccc12)NC(=O)[C@@H](N)CCCNC(=N)N)C(=O)O. The number of amides is 8. The Bertz CT molecular complexity index is 4640. The van der Waals surface area contributed by atoms with E-state index in [1.54, 1.807) is 79.4 Å². The number of aromatic amines is 4. The number of hydrogen-bond acceptors (Lipinski definition) is 15. The molecule has 4 aromatic heterocycles. The number of nitrogens with two attached hydrogens (primary N) is 6. The second-order valence-corrected chi connectivity index (χ2v) is 27.1. The summed E-state index contributed by atoms with van der Waals surface area (Å²) >= 11 is 0. The Morgan fingerprint density at radius 3 is 0.759 bits per heavy atom. The van der Waals surface area contributed by atoms with Gasteiger partial charge in [-0.3, -0.25) is 65.4 Å². The Kier molecular flexibility index (Phi) is 31.4. The first-order chi connectivity index (χ1) is 53.7. The molecule has 0 aliphatic rings. The summed E-state index contributed by atoms with van der Waals surface area (Å²) in [7, 11) is 0. The van der Waals surface area contributed by atoms with E-state index < -0.39 is 114 Å². The van der Waals surface area contributed by atoms with Gasteiger partial charge in [0, 0.05) is 127 Å². The third-order valence-electron chi connectivity index (χ3n) is 18.7. The Hall–Kier alpha value is -13.4. The van der Waals surface area contributed by atoms with E-state index >= 15 is 28.8 Å². The van der Waals surface area contributed by atoms with E-state index in [1.165, 1.54) is 0 Å². The summed E-state index contributed by atoms with van der Waals surface area (Å²) in [4.78, 5) is 146. The normalized spacial score (nSPS) is 13.6. The van der Waals surface area contributed by atoms with Crippen LogP contribution in [-0.2, 0) is 68.8 Å². The summed E-state index contributed by atoms with van der Waals surface area (Å²) in [5.41, 5.74) is 39.3. The number of guanidine groups is 5. The van der Waals surface area contributed by atoms with Crippen molar-refractivity contribution in [3.05, 3.63) is 144 Å². The maximum Gasteiger partial charge on any atom is 0.326 e. The lowest BCUT2D eigenvalue weighted by atomic mass is 10.00. The predicted octanol–water partition coefficient (Wildman–Crippen LogP) is -1.51. The number of fused-ring (bicyclic) bond motifs is 4. The number of hydrogen-bond donors (Lipinski definition) is 29. The molecule has 0 aliphatic heterocycles. The Balaban J connectivity index is 1.12. The average Bonchev–Trinajstić information content (AvgIpc) is 1.62. The molecule has 0 fully saturated rings. The first-order valence-corrected chi connectivity index (χ1v) is 36.7. The number of carboxylic acid groups (broad SMARTS) is 1. The molecule has 35 N–H and O–H groups in total. The van der Waals surface area contributed by atoms with Gasteiger partial charge >= 0.3 is 5.97 Å². The fourth-order valence-electron chi connectivity index (χ4n) is 13.0. The third-order valence-corrected chi connectivity index (χ3v) is 18.7. The van der Waals surface area contributed by atoms with Crippen molar-refractivity contribution in [1.29, 1.82) is 27.0 Å². The predicted molar refractivity (Wildman–Crippen MR) is 425 cm³/mol. The molecule has 8 aromatic rings. The second-order valence-electron chi connectivity index (χ2n) is 27.1. The van der Waals surface area contributed by atoms with Crippen molar-refractivity contribution in [2.75, 3.05) is 32.7 Å². The van der Waals surface area contributed by atoms with Gasteiger partial charge in [0.15, 0.2) is 29.8 Å². The van der Waals surface area contributed by atoms with Crippen molar-refractivity contribution in [3.8, 4) is 0 Å². The highest BCUT2D eigenvalue weighted by molar-refractivity contribution is 6.00. The zero-order valence-corrected chi connectivity index (χ0v) is 61.8. The lowest BCUT2D eigenvalue weighted by Gasteiger charge is -2.28. The van der Waals surface area contributed by atoms with Gasteiger partial charge in [-0.15, -0.1) is 0 Å². The van der Waals surface area contributed by atoms with Gasteiger partial charge in [0.25, 0.3) is 0 Å². The molecule has 0 unspecified atom stereocenters. The lowest BCUT2D eigenvalue weighted by Crippen LogP contribution is -2.61. The van der Waals surface area contributed by atoms with Gasteiger partial charge in [0.2, 0.25) is 47.3 Å². The summed E-state index contributed by atoms with van der Waals surface area (Å²) in [6, 6.07) is 15.8. The number of carbonyl (C=O) groups excluding carboxylic acids is 8. The van der Waals surface area contributed by atoms with E-state index in [0.717, 1.165) is 10.9 Å². The molecule has 0 spiro atoms. The Morgan fingerprint density at radius 2 is 0.509 bits per heavy atom. The zero-order chi connectivity index (χ0) is 80.8. The summed E-state index contributed by atoms with van der Waals surface area (Å²) in [6.07, 6.45) is 6.23. The highest BCUT2D eigenvalue weighted by atomic mass is 16.4. The second kappa shape index (κ2) is 41.8. The molecule has 0 saturated heterocycles. The van der Waals surface area contributed by atoms with Crippen LogP contribution in [0.2, 0.25) is 0 Å². The van der Waals surface area contributed by atoms with Crippen LogP contribution in [0.1, 0.15) is 86.5 Å². The standard InChI is InChI=1S/C74H102N28O10/c75-48(18-9-27-86-70(76)77)61(103)99-57(32-40-36-91-49-19-5-1-14-44(40)49)67(109)101-58(33-41-37-92-50-20-6-2-15-45(41)50)65(107)96-53(23-10-28-87-71(78)79)62(104)95-55(25-12-30-89-73(82)83)64(106)100-60(35-43-39-94-52-22-8-4-17-47(43)52)68(110)102-59(34-42-38-93-51-21-7-3-16-46(42)51)66(108)97-54(24-11-29-88-72(80)81)63(105)98-56(69(111)112)26-13-31-90-74(84)85/h1-8,14-17,19-22,36-39,48,53-60,91-94H,9-13,18,23-35,75H2,(H,95,104)(H,96,107)(H,97,108)(H,98,105)(H,99,103)(H,100,106)(H,101,109)(H,102,110)(H,111,112)(H4,76,77,86)(H4,78,79,87)(H4,80,81,88)(H4,82,83,89)(H4,84,85,90)/t48-,53-,54-,55-,56-,57-,58-,59-,60-/m0/s1. The van der Waals surface area contributed by atoms with Crippen LogP contribution >= 0.6 is 0 Å². The van der Waals surface area contributed by atoms with Gasteiger partial charge in [-0.05, 0) is 111 Å². The van der Waals surface area contributed by atoms with Gasteiger partial charge in [-0.1, -0.05) is 72.8 Å². The minimum atomic E-state index is -1.58. The minimum Gasteiger partial charge on any atom is -0.480 e. The summed E-state index contributed by atoms with van der Waals surface area (Å²) in [6.45, 7) is 0.462. The van der Waals surface area contributed by atoms with Crippen LogP contribution in [-0.4, -0.2) is 195 Å². The molecule has 38 heteroatoms. The van der Waals surface area contributed by atoms with E-state index in [9.17, 15) is 19.5 Å². The highest BCUT2D eigenvalue weighted by Gasteiger charge is 2.37. The molecule has 9 atom stereocenters. The van der Waals surface area contributed by atoms with Crippen LogP contribution in [0.3, 0.4) is 0 Å². The molecule has 0 aliphatic carbocycles. The number of para-hydroxylation sites is 4. The van der Waals surface area contributed by atoms with Crippen molar-refractivity contribution in [3.63, 3.8) is 0 Å². The molecule has 8 rings (SSSR count). The van der Waals surface area contributed by atoms with Crippen LogP contribution in [0.5, 0.6) is 0 Å². The molecule has 38 nitrogen and oxygen atoms in total. The number of rotatable bonds is 45. The van der Waals surface area contributed by atoms with Gasteiger partial charge in [0.05, 0.1) is 6.04 Å². The molecular weight excluding hydrogens is 1440 g/mol. The first-order valence-electron chi connectivity index (χ1n) is 36.7. The lowest BCUT2D eigenvalue weighted by molar-refractivity contribution is -0.142. The maximum atomic E-state index is 15.6. The van der Waals surface area contributed by atoms with Crippen LogP contribution in [0.4, 0.5) is 0 Å². The number of benzene rings is 4. The van der Waals surface area contributed by atoms with Crippen molar-refractivity contribution in [2.24, 2.45) is 34.4 Å². The summed E-state index contributed by atoms with van der Waals surface area (Å²) < 4.78 is 0. The van der Waals surface area contributed by atoms with E-state index in [0.29, 0.717) is 61.4 Å². The summed E-state index contributed by atoms with van der Waals surface area (Å²) in [5, 5.41) is 86.9. The summed E-state index contributed by atoms with van der Waals surface area (Å²) in [5.74, 6) is -10.1. The topological polar surface area (TPSA) is 669 Å². The van der Waals surface area contributed by atoms with E-state index in [2.05, 4.69) is 89.1 Å². The van der Waals surface area contributed by atoms with E-state index in [4.69, 9.17) is 61.4 Å². The number of carbonyl (C=O) groups is 9. The van der Waals surface area contributed by atoms with Crippen LogP contribution in [0, 0.1) is 27.0 Å². The van der Waals surface area contributed by atoms with Crippen molar-refractivity contribution >= 4 is 127 Å². The maximum absolute atomic E-state index is 15.6. The molecular formula is C74H102N28O10. The molecule has 4 aromatic carbocycles. The Labute approximate surface area is 643 Å². The van der Waals surface area contributed by atoms with Gasteiger partial charge in [-0.25, -0.2) is 4.79 Å².